The molecule has 0 fully saturated rings. The highest BCUT2D eigenvalue weighted by atomic mass is 35.5. The molecular weight excluding hydrogens is 273 g/mol. The van der Waals surface area contributed by atoms with Crippen LogP contribution in [-0.2, 0) is 11.3 Å². The largest absolute Gasteiger partial charge is 0.384 e. The standard InChI is InChI=1S/C12H11Cl2N3O/c1-18-6-11-16-9(5-10(15)17-11)7-3-2-4-8(13)12(7)14/h2-5H,6H2,1H3,(H2,15,16,17). The van der Waals surface area contributed by atoms with Crippen molar-refractivity contribution in [3.8, 4) is 11.3 Å². The number of benzene rings is 1. The quantitative estimate of drug-likeness (QED) is 0.940. The Labute approximate surface area is 115 Å². The lowest BCUT2D eigenvalue weighted by atomic mass is 10.1. The highest BCUT2D eigenvalue weighted by Crippen LogP contribution is 2.32. The lowest BCUT2D eigenvalue weighted by Crippen LogP contribution is -2.02. The van der Waals surface area contributed by atoms with E-state index in [4.69, 9.17) is 33.7 Å². The second kappa shape index (κ2) is 5.52. The van der Waals surface area contributed by atoms with E-state index in [1.165, 1.54) is 0 Å². The number of halogens is 2. The number of nitrogens with two attached hydrogens (primary N) is 1. The van der Waals surface area contributed by atoms with Gasteiger partial charge in [-0.3, -0.25) is 0 Å². The van der Waals surface area contributed by atoms with E-state index in [2.05, 4.69) is 9.97 Å². The van der Waals surface area contributed by atoms with Gasteiger partial charge in [0.15, 0.2) is 5.82 Å². The molecule has 6 heteroatoms. The zero-order valence-corrected chi connectivity index (χ0v) is 11.2. The summed E-state index contributed by atoms with van der Waals surface area (Å²) in [6.07, 6.45) is 0. The average molecular weight is 284 g/mol. The smallest absolute Gasteiger partial charge is 0.157 e. The Bertz CT molecular complexity index is 575. The van der Waals surface area contributed by atoms with Crippen LogP contribution in [0.25, 0.3) is 11.3 Å². The van der Waals surface area contributed by atoms with Gasteiger partial charge in [0.05, 0.1) is 15.7 Å². The minimum Gasteiger partial charge on any atom is -0.384 e. The molecule has 1 aromatic heterocycles. The molecule has 2 aromatic rings. The number of nitrogens with zero attached hydrogens (tertiary/aromatic N) is 2. The fourth-order valence-electron chi connectivity index (χ4n) is 1.55. The number of hydrogen-bond donors (Lipinski definition) is 1. The highest BCUT2D eigenvalue weighted by molar-refractivity contribution is 6.43. The maximum atomic E-state index is 6.15. The van der Waals surface area contributed by atoms with Crippen molar-refractivity contribution in [2.24, 2.45) is 0 Å². The summed E-state index contributed by atoms with van der Waals surface area (Å²) < 4.78 is 4.99. The van der Waals surface area contributed by atoms with Crippen LogP contribution in [0.4, 0.5) is 5.82 Å². The molecule has 0 amide bonds. The first-order valence-corrected chi connectivity index (χ1v) is 5.94. The lowest BCUT2D eigenvalue weighted by molar-refractivity contribution is 0.178. The molecule has 0 aliphatic carbocycles. The number of hydrogen-bond acceptors (Lipinski definition) is 4. The highest BCUT2D eigenvalue weighted by Gasteiger charge is 2.10. The third-order valence-corrected chi connectivity index (χ3v) is 3.11. The van der Waals surface area contributed by atoms with E-state index < -0.39 is 0 Å². The molecule has 2 rings (SSSR count). The van der Waals surface area contributed by atoms with Crippen LogP contribution in [-0.4, -0.2) is 17.1 Å². The van der Waals surface area contributed by atoms with Crippen LogP contribution in [0.1, 0.15) is 5.82 Å². The second-order valence-corrected chi connectivity index (χ2v) is 4.41. The molecule has 94 valence electrons. The Morgan fingerprint density at radius 1 is 1.28 bits per heavy atom. The summed E-state index contributed by atoms with van der Waals surface area (Å²) >= 11 is 12.1. The molecular formula is C12H11Cl2N3O. The topological polar surface area (TPSA) is 61.0 Å². The van der Waals surface area contributed by atoms with Crippen LogP contribution >= 0.6 is 23.2 Å². The zero-order valence-electron chi connectivity index (χ0n) is 9.65. The molecule has 18 heavy (non-hydrogen) atoms. The summed E-state index contributed by atoms with van der Waals surface area (Å²) in [5.41, 5.74) is 7.08. The molecule has 0 aliphatic heterocycles. The third kappa shape index (κ3) is 2.72. The molecule has 0 bridgehead atoms. The van der Waals surface area contributed by atoms with Crippen molar-refractivity contribution in [3.63, 3.8) is 0 Å². The van der Waals surface area contributed by atoms with Gasteiger partial charge in [-0.05, 0) is 6.07 Å². The van der Waals surface area contributed by atoms with Crippen molar-refractivity contribution >= 4 is 29.0 Å². The van der Waals surface area contributed by atoms with Gasteiger partial charge in [0.2, 0.25) is 0 Å². The van der Waals surface area contributed by atoms with Gasteiger partial charge < -0.3 is 10.5 Å². The van der Waals surface area contributed by atoms with Gasteiger partial charge in [-0.2, -0.15) is 0 Å². The van der Waals surface area contributed by atoms with Crippen LogP contribution in [0.15, 0.2) is 24.3 Å². The van der Waals surface area contributed by atoms with Crippen molar-refractivity contribution < 1.29 is 4.74 Å². The maximum absolute atomic E-state index is 6.15. The Morgan fingerprint density at radius 3 is 2.78 bits per heavy atom. The van der Waals surface area contributed by atoms with Gasteiger partial charge in [-0.1, -0.05) is 35.3 Å². The van der Waals surface area contributed by atoms with E-state index in [1.807, 2.05) is 6.07 Å². The van der Waals surface area contributed by atoms with Crippen LogP contribution in [0.3, 0.4) is 0 Å². The summed E-state index contributed by atoms with van der Waals surface area (Å²) in [5.74, 6) is 0.867. The third-order valence-electron chi connectivity index (χ3n) is 2.29. The van der Waals surface area contributed by atoms with Gasteiger partial charge in [0.25, 0.3) is 0 Å². The molecule has 0 saturated carbocycles. The summed E-state index contributed by atoms with van der Waals surface area (Å²) in [7, 11) is 1.57. The van der Waals surface area contributed by atoms with E-state index in [1.54, 1.807) is 25.3 Å². The van der Waals surface area contributed by atoms with E-state index in [0.717, 1.165) is 5.56 Å². The van der Waals surface area contributed by atoms with E-state index in [-0.39, 0.29) is 6.61 Å². The van der Waals surface area contributed by atoms with Gasteiger partial charge in [0, 0.05) is 18.7 Å². The zero-order chi connectivity index (χ0) is 13.1. The lowest BCUT2D eigenvalue weighted by Gasteiger charge is -2.08. The number of ether oxygens (including phenoxy) is 1. The molecule has 4 nitrogen and oxygen atoms in total. The first-order valence-electron chi connectivity index (χ1n) is 5.18. The molecule has 0 unspecified atom stereocenters. The fraction of sp³-hybridized carbons (Fsp3) is 0.167. The van der Waals surface area contributed by atoms with Crippen molar-refractivity contribution in [1.29, 1.82) is 0 Å². The number of rotatable bonds is 3. The predicted octanol–water partition coefficient (Wildman–Crippen LogP) is 3.18. The fourth-order valence-corrected chi connectivity index (χ4v) is 1.95. The molecule has 0 saturated heterocycles. The maximum Gasteiger partial charge on any atom is 0.157 e. The summed E-state index contributed by atoms with van der Waals surface area (Å²) in [6.45, 7) is 0.288. The van der Waals surface area contributed by atoms with Crippen molar-refractivity contribution in [1.82, 2.24) is 9.97 Å². The Balaban J connectivity index is 2.53. The van der Waals surface area contributed by atoms with Crippen LogP contribution in [0, 0.1) is 0 Å². The first kappa shape index (κ1) is 13.1. The normalized spacial score (nSPS) is 10.6. The molecule has 2 N–H and O–H groups in total. The van der Waals surface area contributed by atoms with Gasteiger partial charge in [-0.15, -0.1) is 0 Å². The minimum absolute atomic E-state index is 0.288. The molecule has 0 atom stereocenters. The molecule has 0 aliphatic rings. The Hall–Kier alpha value is -1.36. The SMILES string of the molecule is COCc1nc(N)cc(-c2cccc(Cl)c2Cl)n1. The number of aromatic nitrogens is 2. The van der Waals surface area contributed by atoms with Gasteiger partial charge in [0.1, 0.15) is 12.4 Å². The predicted molar refractivity (Wildman–Crippen MR) is 72.6 cm³/mol. The van der Waals surface area contributed by atoms with Gasteiger partial charge >= 0.3 is 0 Å². The van der Waals surface area contributed by atoms with E-state index in [0.29, 0.717) is 27.4 Å². The average Bonchev–Trinajstić information content (AvgIpc) is 2.32. The van der Waals surface area contributed by atoms with Crippen LogP contribution < -0.4 is 5.73 Å². The van der Waals surface area contributed by atoms with Crippen molar-refractivity contribution in [3.05, 3.63) is 40.1 Å². The second-order valence-electron chi connectivity index (χ2n) is 3.63. The van der Waals surface area contributed by atoms with E-state index >= 15 is 0 Å². The summed E-state index contributed by atoms with van der Waals surface area (Å²) in [6, 6.07) is 7.00. The summed E-state index contributed by atoms with van der Waals surface area (Å²) in [4.78, 5) is 8.40. The van der Waals surface area contributed by atoms with Crippen LogP contribution in [0.5, 0.6) is 0 Å². The Kier molecular flexibility index (Phi) is 4.01. The molecule has 0 radical (unpaired) electrons. The number of nitrogen functional groups attached to an aromatic ring is 1. The molecule has 1 heterocycles. The summed E-state index contributed by atoms with van der Waals surface area (Å²) in [5, 5.41) is 0.917. The van der Waals surface area contributed by atoms with E-state index in [9.17, 15) is 0 Å². The number of methoxy groups -OCH3 is 1. The number of anilines is 1. The van der Waals surface area contributed by atoms with Gasteiger partial charge in [-0.25, -0.2) is 9.97 Å². The van der Waals surface area contributed by atoms with Crippen LogP contribution in [0.2, 0.25) is 10.0 Å². The Morgan fingerprint density at radius 2 is 2.06 bits per heavy atom. The first-order chi connectivity index (χ1) is 8.61. The van der Waals surface area contributed by atoms with Crippen molar-refractivity contribution in [2.45, 2.75) is 6.61 Å². The monoisotopic (exact) mass is 283 g/mol. The molecule has 1 aromatic carbocycles. The molecule has 0 spiro atoms. The minimum atomic E-state index is 0.288. The van der Waals surface area contributed by atoms with Crippen molar-refractivity contribution in [2.75, 3.05) is 12.8 Å².